The standard InChI is InChI=1S/C22H34O2S/c1-3-22(4-2,25(24)16-8-9-17-25)21(23)20-14-12-19(13-15-20)18-10-6-5-7-11-18/h12-15,18,25H,3-11,16-17H2,1-2H3. The van der Waals surface area contributed by atoms with Gasteiger partial charge in [-0.15, -0.1) is 0 Å². The fraction of sp³-hybridized carbons (Fsp3) is 0.682. The molecule has 0 bridgehead atoms. The van der Waals surface area contributed by atoms with Gasteiger partial charge in [-0.05, 0) is 50.0 Å². The van der Waals surface area contributed by atoms with Crippen molar-refractivity contribution in [1.29, 1.82) is 0 Å². The number of benzene rings is 1. The van der Waals surface area contributed by atoms with Crippen molar-refractivity contribution in [3.05, 3.63) is 35.4 Å². The predicted molar refractivity (Wildman–Crippen MR) is 108 cm³/mol. The second-order valence-corrected chi connectivity index (χ2v) is 11.6. The summed E-state index contributed by atoms with van der Waals surface area (Å²) in [6, 6.07) is 8.33. The lowest BCUT2D eigenvalue weighted by atomic mass is 9.83. The summed E-state index contributed by atoms with van der Waals surface area (Å²) in [5.41, 5.74) is 2.15. The van der Waals surface area contributed by atoms with Crippen LogP contribution in [0.3, 0.4) is 0 Å². The molecule has 1 saturated carbocycles. The fourth-order valence-electron chi connectivity index (χ4n) is 5.22. The Morgan fingerprint density at radius 1 is 0.960 bits per heavy atom. The summed E-state index contributed by atoms with van der Waals surface area (Å²) in [6.07, 6.45) is 9.99. The normalized spacial score (nSPS) is 22.6. The van der Waals surface area contributed by atoms with E-state index in [9.17, 15) is 9.00 Å². The van der Waals surface area contributed by atoms with E-state index in [0.717, 1.165) is 29.9 Å². The Labute approximate surface area is 154 Å². The van der Waals surface area contributed by atoms with E-state index in [4.69, 9.17) is 0 Å². The minimum atomic E-state index is -2.42. The maximum Gasteiger partial charge on any atom is 0.179 e. The van der Waals surface area contributed by atoms with E-state index in [-0.39, 0.29) is 5.78 Å². The molecule has 0 radical (unpaired) electrons. The Morgan fingerprint density at radius 3 is 2.04 bits per heavy atom. The van der Waals surface area contributed by atoms with Crippen LogP contribution in [0.5, 0.6) is 0 Å². The van der Waals surface area contributed by atoms with Crippen LogP contribution < -0.4 is 0 Å². The van der Waals surface area contributed by atoms with Gasteiger partial charge in [0.2, 0.25) is 0 Å². The van der Waals surface area contributed by atoms with E-state index >= 15 is 0 Å². The summed E-state index contributed by atoms with van der Waals surface area (Å²) >= 11 is 0. The van der Waals surface area contributed by atoms with Crippen LogP contribution in [0.4, 0.5) is 0 Å². The summed E-state index contributed by atoms with van der Waals surface area (Å²) in [5, 5.41) is 0. The van der Waals surface area contributed by atoms with Gasteiger partial charge in [0.05, 0.1) is 4.75 Å². The Hall–Kier alpha value is -0.960. The molecular formula is C22H34O2S. The number of hydrogen-bond donors (Lipinski definition) is 1. The molecule has 1 saturated heterocycles. The third kappa shape index (κ3) is 3.37. The Kier molecular flexibility index (Phi) is 5.82. The zero-order chi connectivity index (χ0) is 17.9. The molecule has 1 aliphatic heterocycles. The van der Waals surface area contributed by atoms with Crippen molar-refractivity contribution in [2.24, 2.45) is 0 Å². The van der Waals surface area contributed by atoms with Crippen molar-refractivity contribution >= 4 is 15.7 Å². The number of ketones is 1. The second-order valence-electron chi connectivity index (χ2n) is 8.07. The number of carbonyl (C=O) groups excluding carboxylic acids is 1. The van der Waals surface area contributed by atoms with Gasteiger partial charge in [-0.2, -0.15) is 0 Å². The van der Waals surface area contributed by atoms with Crippen LogP contribution in [0.1, 0.15) is 93.5 Å². The van der Waals surface area contributed by atoms with Crippen LogP contribution in [0, 0.1) is 0 Å². The first-order valence-corrected chi connectivity index (χ1v) is 12.4. The second kappa shape index (κ2) is 7.73. The Bertz CT molecular complexity index is 626. The van der Waals surface area contributed by atoms with Crippen molar-refractivity contribution in [3.8, 4) is 0 Å². The van der Waals surface area contributed by atoms with Gasteiger partial charge in [-0.1, -0.05) is 67.3 Å². The lowest BCUT2D eigenvalue weighted by Gasteiger charge is -2.40. The van der Waals surface area contributed by atoms with Crippen LogP contribution >= 0.6 is 0 Å². The first-order chi connectivity index (χ1) is 12.1. The smallest absolute Gasteiger partial charge is 0.179 e. The maximum absolute atomic E-state index is 13.6. The van der Waals surface area contributed by atoms with Crippen molar-refractivity contribution in [1.82, 2.24) is 0 Å². The lowest BCUT2D eigenvalue weighted by molar-refractivity contribution is 0.0933. The molecule has 0 N–H and O–H groups in total. The zero-order valence-corrected chi connectivity index (χ0v) is 16.8. The van der Waals surface area contributed by atoms with E-state index < -0.39 is 14.7 Å². The first-order valence-electron chi connectivity index (χ1n) is 10.3. The highest BCUT2D eigenvalue weighted by Gasteiger charge is 2.48. The average Bonchev–Trinajstić information content (AvgIpc) is 3.12. The molecule has 0 atom stereocenters. The summed E-state index contributed by atoms with van der Waals surface area (Å²) in [5.74, 6) is 2.33. The molecular weight excluding hydrogens is 328 g/mol. The molecule has 140 valence electrons. The molecule has 0 spiro atoms. The van der Waals surface area contributed by atoms with Crippen molar-refractivity contribution < 1.29 is 9.00 Å². The number of hydrogen-bond acceptors (Lipinski definition) is 2. The molecule has 3 heteroatoms. The van der Waals surface area contributed by atoms with Gasteiger partial charge in [0.15, 0.2) is 5.78 Å². The highest BCUT2D eigenvalue weighted by Crippen LogP contribution is 2.40. The largest absolute Gasteiger partial charge is 0.293 e. The number of Topliss-reactive ketones (excluding diaryl/α,β-unsaturated/α-hetero) is 1. The van der Waals surface area contributed by atoms with Gasteiger partial charge >= 0.3 is 0 Å². The van der Waals surface area contributed by atoms with E-state index in [2.05, 4.69) is 26.0 Å². The van der Waals surface area contributed by atoms with E-state index in [1.165, 1.54) is 37.7 Å². The molecule has 2 fully saturated rings. The molecule has 2 nitrogen and oxygen atoms in total. The summed E-state index contributed by atoms with van der Waals surface area (Å²) in [4.78, 5) is 13.4. The SMILES string of the molecule is CCC(CC)(C(=O)c1ccc(C2CCCCC2)cc1)[SH]1(=O)CCCC1. The van der Waals surface area contributed by atoms with Crippen LogP contribution in [-0.4, -0.2) is 26.2 Å². The highest BCUT2D eigenvalue weighted by molar-refractivity contribution is 8.05. The van der Waals surface area contributed by atoms with Crippen molar-refractivity contribution in [3.63, 3.8) is 0 Å². The quantitative estimate of drug-likeness (QED) is 0.551. The molecule has 3 rings (SSSR count). The molecule has 2 aliphatic rings. The molecule has 1 aromatic carbocycles. The van der Waals surface area contributed by atoms with E-state index in [1.54, 1.807) is 0 Å². The minimum Gasteiger partial charge on any atom is -0.293 e. The van der Waals surface area contributed by atoms with Crippen LogP contribution in [-0.2, 0) is 9.93 Å². The molecule has 0 unspecified atom stereocenters. The fourth-order valence-corrected chi connectivity index (χ4v) is 9.42. The Balaban J connectivity index is 1.86. The average molecular weight is 363 g/mol. The van der Waals surface area contributed by atoms with E-state index in [1.807, 2.05) is 12.1 Å². The maximum atomic E-state index is 13.6. The van der Waals surface area contributed by atoms with Crippen LogP contribution in [0.2, 0.25) is 0 Å². The van der Waals surface area contributed by atoms with Gasteiger partial charge in [0, 0.05) is 17.1 Å². The van der Waals surface area contributed by atoms with Gasteiger partial charge in [0.1, 0.15) is 0 Å². The molecule has 1 heterocycles. The molecule has 1 aliphatic carbocycles. The number of carbonyl (C=O) groups is 1. The third-order valence-electron chi connectivity index (χ3n) is 6.91. The highest BCUT2D eigenvalue weighted by atomic mass is 32.2. The summed E-state index contributed by atoms with van der Waals surface area (Å²) in [7, 11) is -2.42. The lowest BCUT2D eigenvalue weighted by Crippen LogP contribution is -2.50. The summed E-state index contributed by atoms with van der Waals surface area (Å²) in [6.45, 7) is 4.10. The van der Waals surface area contributed by atoms with Crippen molar-refractivity contribution in [2.75, 3.05) is 11.5 Å². The predicted octanol–water partition coefficient (Wildman–Crippen LogP) is 5.29. The van der Waals surface area contributed by atoms with Crippen molar-refractivity contribution in [2.45, 2.75) is 82.3 Å². The number of thiol groups is 1. The van der Waals surface area contributed by atoms with Gasteiger partial charge in [-0.3, -0.25) is 9.00 Å². The monoisotopic (exact) mass is 362 g/mol. The molecule has 1 aromatic rings. The van der Waals surface area contributed by atoms with Gasteiger partial charge < -0.3 is 0 Å². The topological polar surface area (TPSA) is 34.1 Å². The molecule has 0 aromatic heterocycles. The van der Waals surface area contributed by atoms with Crippen LogP contribution in [0.15, 0.2) is 24.3 Å². The van der Waals surface area contributed by atoms with Crippen LogP contribution in [0.25, 0.3) is 0 Å². The third-order valence-corrected chi connectivity index (χ3v) is 11.4. The van der Waals surface area contributed by atoms with Gasteiger partial charge in [-0.25, -0.2) is 0 Å². The van der Waals surface area contributed by atoms with E-state index in [0.29, 0.717) is 18.8 Å². The first kappa shape index (κ1) is 18.8. The summed E-state index contributed by atoms with van der Waals surface area (Å²) < 4.78 is 13.0. The minimum absolute atomic E-state index is 0.137. The molecule has 0 amide bonds. The zero-order valence-electron chi connectivity index (χ0n) is 15.9. The number of rotatable bonds is 6. The molecule has 25 heavy (non-hydrogen) atoms. The van der Waals surface area contributed by atoms with Gasteiger partial charge in [0.25, 0.3) is 0 Å². The Morgan fingerprint density at radius 2 is 1.52 bits per heavy atom.